The SMILES string of the molecule is CC(C)c1cc(F)cc(C(C)C)c1-n1c(-c2cccc3c2Oc2ccccc2O3)nc2ccccc21. The van der Waals surface area contributed by atoms with Gasteiger partial charge in [0.25, 0.3) is 0 Å². The van der Waals surface area contributed by atoms with E-state index in [9.17, 15) is 4.39 Å². The van der Waals surface area contributed by atoms with Crippen molar-refractivity contribution in [2.24, 2.45) is 0 Å². The van der Waals surface area contributed by atoms with Gasteiger partial charge in [-0.15, -0.1) is 0 Å². The molecule has 5 aromatic rings. The van der Waals surface area contributed by atoms with Crippen LogP contribution in [-0.2, 0) is 0 Å². The molecule has 4 aromatic carbocycles. The summed E-state index contributed by atoms with van der Waals surface area (Å²) in [5.41, 5.74) is 5.48. The maximum atomic E-state index is 14.8. The first-order valence-electron chi connectivity index (χ1n) is 12.3. The van der Waals surface area contributed by atoms with E-state index in [0.29, 0.717) is 23.0 Å². The summed E-state index contributed by atoms with van der Waals surface area (Å²) in [5.74, 6) is 3.32. The van der Waals surface area contributed by atoms with Crippen LogP contribution < -0.4 is 9.47 Å². The second-order valence-electron chi connectivity index (χ2n) is 9.79. The molecular weight excluding hydrogens is 451 g/mol. The van der Waals surface area contributed by atoms with Crippen LogP contribution in [0.2, 0.25) is 0 Å². The monoisotopic (exact) mass is 478 g/mol. The van der Waals surface area contributed by atoms with E-state index in [1.54, 1.807) is 12.1 Å². The van der Waals surface area contributed by atoms with Gasteiger partial charge >= 0.3 is 0 Å². The summed E-state index contributed by atoms with van der Waals surface area (Å²) >= 11 is 0. The molecule has 5 heteroatoms. The average Bonchev–Trinajstić information content (AvgIpc) is 3.25. The second kappa shape index (κ2) is 8.52. The number of ether oxygens (including phenoxy) is 2. The van der Waals surface area contributed by atoms with Crippen molar-refractivity contribution in [2.75, 3.05) is 0 Å². The maximum absolute atomic E-state index is 14.8. The fourth-order valence-corrected chi connectivity index (χ4v) is 4.94. The Hall–Kier alpha value is -4.12. The van der Waals surface area contributed by atoms with E-state index < -0.39 is 0 Å². The predicted molar refractivity (Wildman–Crippen MR) is 141 cm³/mol. The lowest BCUT2D eigenvalue weighted by atomic mass is 9.92. The Bertz CT molecular complexity index is 1590. The Labute approximate surface area is 209 Å². The molecule has 0 amide bonds. The van der Waals surface area contributed by atoms with Gasteiger partial charge in [0, 0.05) is 0 Å². The molecule has 0 N–H and O–H groups in total. The van der Waals surface area contributed by atoms with E-state index in [-0.39, 0.29) is 17.7 Å². The lowest BCUT2D eigenvalue weighted by molar-refractivity contribution is 0.360. The summed E-state index contributed by atoms with van der Waals surface area (Å²) < 4.78 is 29.6. The second-order valence-corrected chi connectivity index (χ2v) is 9.79. The average molecular weight is 479 g/mol. The van der Waals surface area contributed by atoms with Crippen LogP contribution in [0.25, 0.3) is 28.1 Å². The molecule has 0 unspecified atom stereocenters. The zero-order valence-electron chi connectivity index (χ0n) is 20.7. The van der Waals surface area contributed by atoms with Crippen molar-refractivity contribution in [1.82, 2.24) is 9.55 Å². The van der Waals surface area contributed by atoms with Crippen LogP contribution in [0.4, 0.5) is 4.39 Å². The third-order valence-corrected chi connectivity index (χ3v) is 6.66. The summed E-state index contributed by atoms with van der Waals surface area (Å²) in [7, 11) is 0. The van der Waals surface area contributed by atoms with Gasteiger partial charge in [-0.25, -0.2) is 9.37 Å². The number of aromatic nitrogens is 2. The van der Waals surface area contributed by atoms with Gasteiger partial charge in [0.15, 0.2) is 23.0 Å². The molecule has 180 valence electrons. The third kappa shape index (κ3) is 3.54. The Morgan fingerprint density at radius 3 is 2.03 bits per heavy atom. The zero-order chi connectivity index (χ0) is 25.0. The Morgan fingerprint density at radius 1 is 0.722 bits per heavy atom. The van der Waals surface area contributed by atoms with Gasteiger partial charge < -0.3 is 9.47 Å². The van der Waals surface area contributed by atoms with E-state index in [1.165, 1.54) is 0 Å². The molecule has 1 aliphatic rings. The first-order valence-corrected chi connectivity index (χ1v) is 12.3. The van der Waals surface area contributed by atoms with Gasteiger partial charge in [-0.3, -0.25) is 4.57 Å². The fourth-order valence-electron chi connectivity index (χ4n) is 4.94. The number of imidazole rings is 1. The quantitative estimate of drug-likeness (QED) is 0.254. The van der Waals surface area contributed by atoms with E-state index >= 15 is 0 Å². The number of hydrogen-bond acceptors (Lipinski definition) is 3. The third-order valence-electron chi connectivity index (χ3n) is 6.66. The zero-order valence-corrected chi connectivity index (χ0v) is 20.7. The van der Waals surface area contributed by atoms with Crippen LogP contribution in [0, 0.1) is 5.82 Å². The standard InChI is InChI=1S/C31H27FN2O2/c1-18(2)22-16-20(32)17-23(19(3)4)29(22)34-25-12-6-5-11-24(25)33-31(34)21-10-9-15-28-30(21)36-27-14-8-7-13-26(27)35-28/h5-19H,1-4H3. The number of para-hydroxylation sites is 5. The van der Waals surface area contributed by atoms with Crippen molar-refractivity contribution in [2.45, 2.75) is 39.5 Å². The summed E-state index contributed by atoms with van der Waals surface area (Å²) in [5, 5.41) is 0. The topological polar surface area (TPSA) is 36.3 Å². The number of benzene rings is 4. The number of halogens is 1. The van der Waals surface area contributed by atoms with Gasteiger partial charge in [0.2, 0.25) is 0 Å². The predicted octanol–water partition coefficient (Wildman–Crippen LogP) is 8.98. The molecule has 0 spiro atoms. The van der Waals surface area contributed by atoms with Crippen molar-refractivity contribution in [3.8, 4) is 40.1 Å². The summed E-state index contributed by atoms with van der Waals surface area (Å²) in [4.78, 5) is 5.08. The molecule has 1 aromatic heterocycles. The van der Waals surface area contributed by atoms with Gasteiger partial charge in [-0.2, -0.15) is 0 Å². The van der Waals surface area contributed by atoms with Gasteiger partial charge in [-0.05, 0) is 71.5 Å². The Kier molecular flexibility index (Phi) is 5.29. The molecule has 4 nitrogen and oxygen atoms in total. The van der Waals surface area contributed by atoms with E-state index in [1.807, 2.05) is 60.7 Å². The number of nitrogens with zero attached hydrogens (tertiary/aromatic N) is 2. The summed E-state index contributed by atoms with van der Waals surface area (Å²) in [6.07, 6.45) is 0. The normalized spacial score (nSPS) is 12.4. The molecular formula is C31H27FN2O2. The molecule has 0 saturated heterocycles. The number of hydrogen-bond donors (Lipinski definition) is 0. The Morgan fingerprint density at radius 2 is 1.33 bits per heavy atom. The van der Waals surface area contributed by atoms with E-state index in [4.69, 9.17) is 14.5 Å². The van der Waals surface area contributed by atoms with Crippen molar-refractivity contribution in [3.63, 3.8) is 0 Å². The van der Waals surface area contributed by atoms with Crippen molar-refractivity contribution in [1.29, 1.82) is 0 Å². The first-order chi connectivity index (χ1) is 17.4. The molecule has 2 heterocycles. The number of rotatable bonds is 4. The van der Waals surface area contributed by atoms with Crippen LogP contribution in [0.5, 0.6) is 23.0 Å². The van der Waals surface area contributed by atoms with Crippen LogP contribution in [0.3, 0.4) is 0 Å². The summed E-state index contributed by atoms with van der Waals surface area (Å²) in [6.45, 7) is 8.39. The minimum Gasteiger partial charge on any atom is -0.449 e. The smallest absolute Gasteiger partial charge is 0.181 e. The molecule has 0 atom stereocenters. The first kappa shape index (κ1) is 22.4. The van der Waals surface area contributed by atoms with Gasteiger partial charge in [-0.1, -0.05) is 58.0 Å². The van der Waals surface area contributed by atoms with Crippen molar-refractivity contribution in [3.05, 3.63) is 95.8 Å². The lowest BCUT2D eigenvalue weighted by Gasteiger charge is -2.25. The molecule has 0 fully saturated rings. The highest BCUT2D eigenvalue weighted by Gasteiger charge is 2.28. The Balaban J connectivity index is 1.68. The van der Waals surface area contributed by atoms with Gasteiger partial charge in [0.05, 0.1) is 22.3 Å². The highest BCUT2D eigenvalue weighted by atomic mass is 19.1. The number of fused-ring (bicyclic) bond motifs is 3. The minimum absolute atomic E-state index is 0.110. The minimum atomic E-state index is -0.220. The summed E-state index contributed by atoms with van der Waals surface area (Å²) in [6, 6.07) is 24.9. The van der Waals surface area contributed by atoms with Crippen LogP contribution in [0.1, 0.15) is 50.7 Å². The largest absolute Gasteiger partial charge is 0.449 e. The lowest BCUT2D eigenvalue weighted by Crippen LogP contribution is -2.10. The van der Waals surface area contributed by atoms with Gasteiger partial charge in [0.1, 0.15) is 11.6 Å². The van der Waals surface area contributed by atoms with Crippen LogP contribution in [0.15, 0.2) is 78.9 Å². The highest BCUT2D eigenvalue weighted by Crippen LogP contribution is 2.50. The fraction of sp³-hybridized carbons (Fsp3) is 0.194. The maximum Gasteiger partial charge on any atom is 0.181 e. The molecule has 0 aliphatic carbocycles. The van der Waals surface area contributed by atoms with E-state index in [2.05, 4.69) is 38.3 Å². The van der Waals surface area contributed by atoms with E-state index in [0.717, 1.165) is 39.2 Å². The molecule has 1 aliphatic heterocycles. The molecule has 0 bridgehead atoms. The molecule has 6 rings (SSSR count). The van der Waals surface area contributed by atoms with Crippen LogP contribution in [-0.4, -0.2) is 9.55 Å². The molecule has 0 radical (unpaired) electrons. The van der Waals surface area contributed by atoms with Crippen molar-refractivity contribution >= 4 is 11.0 Å². The molecule has 36 heavy (non-hydrogen) atoms. The molecule has 0 saturated carbocycles. The van der Waals surface area contributed by atoms with Crippen LogP contribution >= 0.6 is 0 Å². The van der Waals surface area contributed by atoms with Crippen molar-refractivity contribution < 1.29 is 13.9 Å². The highest BCUT2D eigenvalue weighted by molar-refractivity contribution is 5.86.